The van der Waals surface area contributed by atoms with Crippen LogP contribution >= 0.6 is 24.0 Å². The van der Waals surface area contributed by atoms with Crippen LogP contribution in [0.3, 0.4) is 0 Å². The molecular weight excluding hydrogens is 298 g/mol. The SMILES string of the molecule is CSC1CCCC1n1c(=S)[nH]c2cnc3ccccc3c21. The van der Waals surface area contributed by atoms with Crippen molar-refractivity contribution < 1.29 is 0 Å². The fourth-order valence-electron chi connectivity index (χ4n) is 3.55. The molecule has 1 N–H and O–H groups in total. The van der Waals surface area contributed by atoms with Crippen LogP contribution < -0.4 is 0 Å². The van der Waals surface area contributed by atoms with Gasteiger partial charge in [0.2, 0.25) is 0 Å². The van der Waals surface area contributed by atoms with Crippen molar-refractivity contribution in [1.82, 2.24) is 14.5 Å². The number of rotatable bonds is 2. The van der Waals surface area contributed by atoms with Crippen molar-refractivity contribution in [2.75, 3.05) is 6.26 Å². The normalized spacial score (nSPS) is 22.3. The molecule has 1 fully saturated rings. The molecule has 108 valence electrons. The summed E-state index contributed by atoms with van der Waals surface area (Å²) in [5.41, 5.74) is 3.30. The van der Waals surface area contributed by atoms with Gasteiger partial charge < -0.3 is 9.55 Å². The Bertz CT molecular complexity index is 865. The van der Waals surface area contributed by atoms with Gasteiger partial charge in [-0.25, -0.2) is 0 Å². The maximum absolute atomic E-state index is 5.62. The molecular formula is C16H17N3S2. The number of aromatic amines is 1. The average Bonchev–Trinajstić information content (AvgIpc) is 3.09. The second kappa shape index (κ2) is 5.14. The molecule has 0 saturated heterocycles. The van der Waals surface area contributed by atoms with Crippen LogP contribution in [0.25, 0.3) is 21.9 Å². The van der Waals surface area contributed by atoms with Gasteiger partial charge in [0.05, 0.1) is 22.7 Å². The van der Waals surface area contributed by atoms with Gasteiger partial charge in [-0.3, -0.25) is 4.98 Å². The Morgan fingerprint density at radius 3 is 3.05 bits per heavy atom. The van der Waals surface area contributed by atoms with Crippen LogP contribution in [-0.2, 0) is 0 Å². The molecule has 2 heterocycles. The number of benzene rings is 1. The fraction of sp³-hybridized carbons (Fsp3) is 0.375. The quantitative estimate of drug-likeness (QED) is 0.696. The third-order valence-electron chi connectivity index (χ3n) is 4.50. The van der Waals surface area contributed by atoms with Gasteiger partial charge in [-0.1, -0.05) is 24.6 Å². The maximum atomic E-state index is 5.62. The van der Waals surface area contributed by atoms with Crippen LogP contribution in [-0.4, -0.2) is 26.0 Å². The molecule has 1 saturated carbocycles. The van der Waals surface area contributed by atoms with Gasteiger partial charge in [0.25, 0.3) is 0 Å². The highest BCUT2D eigenvalue weighted by molar-refractivity contribution is 7.99. The third kappa shape index (κ3) is 2.02. The van der Waals surface area contributed by atoms with Crippen LogP contribution in [0.2, 0.25) is 0 Å². The van der Waals surface area contributed by atoms with E-state index in [-0.39, 0.29) is 0 Å². The van der Waals surface area contributed by atoms with E-state index in [1.807, 2.05) is 24.0 Å². The van der Waals surface area contributed by atoms with E-state index in [4.69, 9.17) is 12.2 Å². The Hall–Kier alpha value is -1.33. The number of nitrogens with one attached hydrogen (secondary N) is 1. The van der Waals surface area contributed by atoms with Gasteiger partial charge in [-0.2, -0.15) is 11.8 Å². The number of hydrogen-bond donors (Lipinski definition) is 1. The molecule has 1 aliphatic rings. The minimum atomic E-state index is 0.493. The standard InChI is InChI=1S/C16H17N3S2/c1-21-14-8-4-7-13(14)19-15-10-5-2-3-6-11(10)17-9-12(15)18-16(19)20/h2-3,5-6,9,13-14H,4,7-8H2,1H3,(H,18,20). The van der Waals surface area contributed by atoms with E-state index < -0.39 is 0 Å². The molecule has 3 nitrogen and oxygen atoms in total. The number of H-pyrrole nitrogens is 1. The second-order valence-electron chi connectivity index (χ2n) is 5.61. The Kier molecular flexibility index (Phi) is 3.27. The first kappa shape index (κ1) is 13.3. The van der Waals surface area contributed by atoms with Gasteiger partial charge in [-0.15, -0.1) is 0 Å². The largest absolute Gasteiger partial charge is 0.329 e. The second-order valence-corrected chi connectivity index (χ2v) is 7.07. The monoisotopic (exact) mass is 315 g/mol. The summed E-state index contributed by atoms with van der Waals surface area (Å²) >= 11 is 7.59. The Morgan fingerprint density at radius 2 is 2.19 bits per heavy atom. The van der Waals surface area contributed by atoms with Gasteiger partial charge in [0, 0.05) is 16.7 Å². The van der Waals surface area contributed by atoms with Crippen LogP contribution in [0, 0.1) is 4.77 Å². The van der Waals surface area contributed by atoms with Crippen LogP contribution in [0.1, 0.15) is 25.3 Å². The van der Waals surface area contributed by atoms with E-state index in [1.54, 1.807) is 0 Å². The van der Waals surface area contributed by atoms with Gasteiger partial charge in [-0.05, 0) is 37.4 Å². The van der Waals surface area contributed by atoms with Crippen LogP contribution in [0.5, 0.6) is 0 Å². The molecule has 4 rings (SSSR count). The van der Waals surface area contributed by atoms with Crippen molar-refractivity contribution in [3.05, 3.63) is 35.2 Å². The van der Waals surface area contributed by atoms with Crippen molar-refractivity contribution in [3.63, 3.8) is 0 Å². The summed E-state index contributed by atoms with van der Waals surface area (Å²) in [5, 5.41) is 1.84. The first-order chi connectivity index (χ1) is 10.3. The maximum Gasteiger partial charge on any atom is 0.178 e. The van der Waals surface area contributed by atoms with E-state index in [1.165, 1.54) is 30.2 Å². The van der Waals surface area contributed by atoms with E-state index in [0.717, 1.165) is 15.8 Å². The highest BCUT2D eigenvalue weighted by atomic mass is 32.2. The number of thioether (sulfide) groups is 1. The predicted octanol–water partition coefficient (Wildman–Crippen LogP) is 4.70. The summed E-state index contributed by atoms with van der Waals surface area (Å²) in [7, 11) is 0. The fourth-order valence-corrected chi connectivity index (χ4v) is 4.86. The Labute approximate surface area is 132 Å². The summed E-state index contributed by atoms with van der Waals surface area (Å²) < 4.78 is 3.18. The molecule has 0 radical (unpaired) electrons. The van der Waals surface area contributed by atoms with E-state index in [2.05, 4.69) is 39.0 Å². The molecule has 1 aromatic carbocycles. The third-order valence-corrected chi connectivity index (χ3v) is 5.95. The number of para-hydroxylation sites is 1. The molecule has 0 amide bonds. The van der Waals surface area contributed by atoms with Crippen LogP contribution in [0.15, 0.2) is 30.5 Å². The first-order valence-electron chi connectivity index (χ1n) is 7.30. The lowest BCUT2D eigenvalue weighted by molar-refractivity contribution is 0.537. The number of nitrogens with zero attached hydrogens (tertiary/aromatic N) is 2. The Balaban J connectivity index is 2.06. The number of aromatic nitrogens is 3. The van der Waals surface area contributed by atoms with E-state index in [0.29, 0.717) is 11.3 Å². The Morgan fingerprint density at radius 1 is 1.33 bits per heavy atom. The molecule has 0 aliphatic heterocycles. The molecule has 0 spiro atoms. The lowest BCUT2D eigenvalue weighted by Gasteiger charge is -2.20. The van der Waals surface area contributed by atoms with Gasteiger partial charge in [0.15, 0.2) is 4.77 Å². The minimum absolute atomic E-state index is 0.493. The zero-order valence-electron chi connectivity index (χ0n) is 11.9. The van der Waals surface area contributed by atoms with E-state index >= 15 is 0 Å². The summed E-state index contributed by atoms with van der Waals surface area (Å²) in [6.07, 6.45) is 7.90. The lowest BCUT2D eigenvalue weighted by Crippen LogP contribution is -2.15. The topological polar surface area (TPSA) is 33.6 Å². The summed E-state index contributed by atoms with van der Waals surface area (Å²) in [6.45, 7) is 0. The van der Waals surface area contributed by atoms with Crippen molar-refractivity contribution >= 4 is 45.9 Å². The molecule has 1 aliphatic carbocycles. The van der Waals surface area contributed by atoms with Crippen molar-refractivity contribution in [1.29, 1.82) is 0 Å². The highest BCUT2D eigenvalue weighted by Crippen LogP contribution is 2.40. The zero-order valence-corrected chi connectivity index (χ0v) is 13.5. The van der Waals surface area contributed by atoms with E-state index in [9.17, 15) is 0 Å². The van der Waals surface area contributed by atoms with Crippen LogP contribution in [0.4, 0.5) is 0 Å². The van der Waals surface area contributed by atoms with Gasteiger partial charge >= 0.3 is 0 Å². The molecule has 2 atom stereocenters. The number of imidazole rings is 1. The molecule has 0 bridgehead atoms. The first-order valence-corrected chi connectivity index (χ1v) is 9.00. The average molecular weight is 315 g/mol. The number of hydrogen-bond acceptors (Lipinski definition) is 3. The number of pyridine rings is 1. The molecule has 21 heavy (non-hydrogen) atoms. The molecule has 5 heteroatoms. The highest BCUT2D eigenvalue weighted by Gasteiger charge is 2.30. The molecule has 3 aromatic rings. The number of fused-ring (bicyclic) bond motifs is 3. The predicted molar refractivity (Wildman–Crippen MR) is 92.6 cm³/mol. The summed E-state index contributed by atoms with van der Waals surface area (Å²) in [4.78, 5) is 7.88. The lowest BCUT2D eigenvalue weighted by atomic mass is 10.1. The molecule has 2 unspecified atom stereocenters. The summed E-state index contributed by atoms with van der Waals surface area (Å²) in [6, 6.07) is 8.81. The van der Waals surface area contributed by atoms with Gasteiger partial charge in [0.1, 0.15) is 0 Å². The zero-order chi connectivity index (χ0) is 14.4. The van der Waals surface area contributed by atoms with Crippen molar-refractivity contribution in [3.8, 4) is 0 Å². The van der Waals surface area contributed by atoms with Crippen molar-refractivity contribution in [2.24, 2.45) is 0 Å². The minimum Gasteiger partial charge on any atom is -0.329 e. The molecule has 2 aromatic heterocycles. The van der Waals surface area contributed by atoms with Crippen molar-refractivity contribution in [2.45, 2.75) is 30.6 Å². The smallest absolute Gasteiger partial charge is 0.178 e. The summed E-state index contributed by atoms with van der Waals surface area (Å²) in [5.74, 6) is 0.